The zero-order chi connectivity index (χ0) is 34.8. The first-order valence-corrected chi connectivity index (χ1v) is 17.0. The molecule has 1 N–H and O–H groups in total. The fourth-order valence-electron chi connectivity index (χ4n) is 6.90. The monoisotopic (exact) mass is 682 g/mol. The van der Waals surface area contributed by atoms with E-state index in [4.69, 9.17) is 23.9 Å². The molecule has 0 bridgehead atoms. The number of carbonyl (C=O) groups excluding carboxylic acids is 2. The number of aromatic nitrogens is 2. The Morgan fingerprint density at radius 2 is 1.78 bits per heavy atom. The Bertz CT molecular complexity index is 1930. The van der Waals surface area contributed by atoms with Crippen molar-refractivity contribution in [3.8, 4) is 17.2 Å². The number of ether oxygens (including phenoxy) is 4. The predicted octanol–water partition coefficient (Wildman–Crippen LogP) is 3.81. The summed E-state index contributed by atoms with van der Waals surface area (Å²) in [7, 11) is 5.60. The molecular formula is C37H42N6O7. The molecule has 3 atom stereocenters. The van der Waals surface area contributed by atoms with E-state index < -0.39 is 6.09 Å². The van der Waals surface area contributed by atoms with Crippen LogP contribution in [0, 0.1) is 0 Å². The first kappa shape index (κ1) is 33.4. The Balaban J connectivity index is 0.999. The number of methoxy groups -OCH3 is 1. The van der Waals surface area contributed by atoms with Gasteiger partial charge in [-0.25, -0.2) is 9.78 Å². The van der Waals surface area contributed by atoms with Crippen molar-refractivity contribution in [2.24, 2.45) is 0 Å². The molecule has 4 aromatic rings. The Kier molecular flexibility index (Phi) is 9.59. The summed E-state index contributed by atoms with van der Waals surface area (Å²) in [6.45, 7) is 2.63. The summed E-state index contributed by atoms with van der Waals surface area (Å²) in [5, 5.41) is 4.57. The second-order valence-electron chi connectivity index (χ2n) is 13.1. The van der Waals surface area contributed by atoms with E-state index in [1.165, 1.54) is 0 Å². The summed E-state index contributed by atoms with van der Waals surface area (Å²) in [4.78, 5) is 49.2. The smallest absolute Gasteiger partial charge is 0.416 e. The maximum atomic E-state index is 13.3. The number of fused-ring (bicyclic) bond motifs is 3. The Labute approximate surface area is 290 Å². The van der Waals surface area contributed by atoms with Gasteiger partial charge in [-0.05, 0) is 80.4 Å². The molecule has 2 aromatic heterocycles. The van der Waals surface area contributed by atoms with Crippen molar-refractivity contribution in [3.05, 3.63) is 82.6 Å². The lowest BCUT2D eigenvalue weighted by Crippen LogP contribution is -2.47. The molecule has 0 radical (unpaired) electrons. The number of hydrogen-bond donors (Lipinski definition) is 1. The van der Waals surface area contributed by atoms with E-state index in [0.29, 0.717) is 56.5 Å². The number of nitrogens with zero attached hydrogens (tertiary/aromatic N) is 5. The van der Waals surface area contributed by atoms with Gasteiger partial charge in [0.15, 0.2) is 18.2 Å². The largest absolute Gasteiger partial charge is 0.497 e. The Morgan fingerprint density at radius 3 is 2.58 bits per heavy atom. The first-order chi connectivity index (χ1) is 24.3. The number of nitrogens with one attached hydrogen (secondary N) is 1. The van der Waals surface area contributed by atoms with Crippen LogP contribution in [0.2, 0.25) is 0 Å². The minimum Gasteiger partial charge on any atom is -0.497 e. The number of likely N-dealkylation sites (N-methyl/N-ethyl adjacent to an activating group) is 1. The van der Waals surface area contributed by atoms with Crippen LogP contribution in [0.15, 0.2) is 71.5 Å². The zero-order valence-electron chi connectivity index (χ0n) is 28.5. The van der Waals surface area contributed by atoms with Crippen LogP contribution >= 0.6 is 0 Å². The third-order valence-electron chi connectivity index (χ3n) is 9.56. The van der Waals surface area contributed by atoms with Gasteiger partial charge in [0.25, 0.3) is 11.5 Å². The number of pyridine rings is 2. The summed E-state index contributed by atoms with van der Waals surface area (Å²) >= 11 is 0. The Hall–Kier alpha value is -5.14. The molecule has 4 heterocycles. The van der Waals surface area contributed by atoms with Crippen LogP contribution in [0.4, 0.5) is 16.4 Å². The van der Waals surface area contributed by atoms with Gasteiger partial charge in [-0.15, -0.1) is 0 Å². The van der Waals surface area contributed by atoms with E-state index in [1.54, 1.807) is 39.7 Å². The van der Waals surface area contributed by atoms with Crippen LogP contribution in [0.5, 0.6) is 17.2 Å². The topological polar surface area (TPSA) is 128 Å². The van der Waals surface area contributed by atoms with E-state index in [2.05, 4.69) is 10.2 Å². The van der Waals surface area contributed by atoms with Crippen molar-refractivity contribution in [2.75, 3.05) is 57.3 Å². The van der Waals surface area contributed by atoms with Crippen LogP contribution in [0.25, 0.3) is 10.9 Å². The van der Waals surface area contributed by atoms with Gasteiger partial charge in [-0.2, -0.15) is 0 Å². The second kappa shape index (κ2) is 14.4. The maximum Gasteiger partial charge on any atom is 0.416 e. The Morgan fingerprint density at radius 1 is 0.980 bits per heavy atom. The minimum atomic E-state index is -0.455. The molecule has 2 aromatic carbocycles. The van der Waals surface area contributed by atoms with Gasteiger partial charge in [0.1, 0.15) is 30.0 Å². The number of carbonyl (C=O) groups is 2. The highest BCUT2D eigenvalue weighted by atomic mass is 16.6. The first-order valence-electron chi connectivity index (χ1n) is 17.0. The molecule has 0 unspecified atom stereocenters. The molecule has 2 amide bonds. The molecule has 262 valence electrons. The summed E-state index contributed by atoms with van der Waals surface area (Å²) in [5.41, 5.74) is 1.67. The van der Waals surface area contributed by atoms with Crippen molar-refractivity contribution in [3.63, 3.8) is 0 Å². The van der Waals surface area contributed by atoms with Crippen LogP contribution in [-0.2, 0) is 22.6 Å². The highest BCUT2D eigenvalue weighted by molar-refractivity contribution is 5.97. The lowest BCUT2D eigenvalue weighted by molar-refractivity contribution is -0.121. The van der Waals surface area contributed by atoms with Crippen LogP contribution in [0.1, 0.15) is 24.8 Å². The number of benzene rings is 2. The van der Waals surface area contributed by atoms with E-state index in [0.717, 1.165) is 40.9 Å². The third kappa shape index (κ3) is 6.96. The van der Waals surface area contributed by atoms with Crippen LogP contribution < -0.4 is 34.9 Å². The molecule has 50 heavy (non-hydrogen) atoms. The molecule has 2 fully saturated rings. The maximum absolute atomic E-state index is 13.3. The molecule has 1 saturated carbocycles. The van der Waals surface area contributed by atoms with Gasteiger partial charge >= 0.3 is 6.09 Å². The van der Waals surface area contributed by atoms with Crippen LogP contribution in [-0.4, -0.2) is 92.1 Å². The van der Waals surface area contributed by atoms with E-state index >= 15 is 0 Å². The van der Waals surface area contributed by atoms with E-state index in [1.807, 2.05) is 62.6 Å². The average Bonchev–Trinajstić information content (AvgIpc) is 3.45. The van der Waals surface area contributed by atoms with Crippen molar-refractivity contribution in [1.29, 1.82) is 0 Å². The summed E-state index contributed by atoms with van der Waals surface area (Å²) in [6.07, 6.45) is 1.39. The second-order valence-corrected chi connectivity index (χ2v) is 13.1. The lowest BCUT2D eigenvalue weighted by Gasteiger charge is -2.34. The highest BCUT2D eigenvalue weighted by Gasteiger charge is 2.47. The van der Waals surface area contributed by atoms with Crippen molar-refractivity contribution in [2.45, 2.75) is 50.5 Å². The van der Waals surface area contributed by atoms with E-state index in [9.17, 15) is 14.4 Å². The standard InChI is InChI=1S/C37H42N6O7/c1-40(2)18-19-48-28-11-6-25-7-15-34(44)41(30(25)21-28)17-16-38-26-8-12-29-32(20-26)50-37(46)43(29)33-14-13-31-36(39-33)42(35(45)23-49-31)22-24-4-9-27(47-3)10-5-24/h4-7,9-11,13-15,21,26,29,32,38H,8,12,16-20,22-23H2,1-3H3/t26-,29-,32-/m1/s1. The quantitative estimate of drug-likeness (QED) is 0.236. The summed E-state index contributed by atoms with van der Waals surface area (Å²) in [6, 6.07) is 20.2. The third-order valence-corrected chi connectivity index (χ3v) is 9.56. The molecule has 13 nitrogen and oxygen atoms in total. The molecule has 0 spiro atoms. The fraction of sp³-hybridized carbons (Fsp3) is 0.405. The molecule has 1 saturated heterocycles. The molecule has 7 rings (SSSR count). The number of hydrogen-bond acceptors (Lipinski definition) is 10. The normalized spacial score (nSPS) is 20.0. The summed E-state index contributed by atoms with van der Waals surface area (Å²) in [5.74, 6) is 2.52. The van der Waals surface area contributed by atoms with Crippen LogP contribution in [0.3, 0.4) is 0 Å². The molecule has 3 aliphatic rings. The SMILES string of the molecule is COc1ccc(CN2C(=O)COc3ccc(N4C(=O)O[C@@H]5C[C@H](NCCn6c(=O)ccc7ccc(OCCN(C)C)cc76)CC[C@H]54)nc32)cc1. The van der Waals surface area contributed by atoms with Gasteiger partial charge in [-0.3, -0.25) is 19.4 Å². The van der Waals surface area contributed by atoms with Gasteiger partial charge in [0, 0.05) is 44.2 Å². The number of amides is 2. The van der Waals surface area contributed by atoms with Gasteiger partial charge in [0.2, 0.25) is 0 Å². The van der Waals surface area contributed by atoms with Gasteiger partial charge in [-0.1, -0.05) is 12.1 Å². The molecule has 2 aliphatic heterocycles. The van der Waals surface area contributed by atoms with Gasteiger partial charge < -0.3 is 33.7 Å². The van der Waals surface area contributed by atoms with Crippen molar-refractivity contribution >= 4 is 34.5 Å². The van der Waals surface area contributed by atoms with Crippen molar-refractivity contribution < 1.29 is 28.5 Å². The predicted molar refractivity (Wildman–Crippen MR) is 188 cm³/mol. The number of anilines is 2. The highest BCUT2D eigenvalue weighted by Crippen LogP contribution is 2.39. The number of rotatable bonds is 12. The molecule has 1 aliphatic carbocycles. The molecule has 13 heteroatoms. The molecular weight excluding hydrogens is 640 g/mol. The van der Waals surface area contributed by atoms with Crippen molar-refractivity contribution in [1.82, 2.24) is 19.8 Å². The average molecular weight is 683 g/mol. The zero-order valence-corrected chi connectivity index (χ0v) is 28.5. The minimum absolute atomic E-state index is 0.0685. The van der Waals surface area contributed by atoms with Gasteiger partial charge in [0.05, 0.1) is 25.2 Å². The lowest BCUT2D eigenvalue weighted by atomic mass is 9.88. The fourth-order valence-corrected chi connectivity index (χ4v) is 6.90. The van der Waals surface area contributed by atoms with E-state index in [-0.39, 0.29) is 36.3 Å². The summed E-state index contributed by atoms with van der Waals surface area (Å²) < 4.78 is 24.5.